The van der Waals surface area contributed by atoms with E-state index in [0.717, 1.165) is 6.42 Å². The van der Waals surface area contributed by atoms with Crippen LogP contribution in [0.15, 0.2) is 41.3 Å². The Morgan fingerprint density at radius 1 is 0.719 bits per heavy atom. The maximum atomic E-state index is 13.2. The van der Waals surface area contributed by atoms with Crippen molar-refractivity contribution < 1.29 is 32.2 Å². The van der Waals surface area contributed by atoms with E-state index in [9.17, 15) is 13.2 Å². The molecule has 0 N–H and O–H groups in total. The monoisotopic (exact) mass is 460 g/mol. The predicted molar refractivity (Wildman–Crippen MR) is 114 cm³/mol. The summed E-state index contributed by atoms with van der Waals surface area (Å²) in [7, 11) is -3.71. The fourth-order valence-corrected chi connectivity index (χ4v) is 5.38. The maximum Gasteiger partial charge on any atom is 0.254 e. The van der Waals surface area contributed by atoms with Gasteiger partial charge in [-0.3, -0.25) is 4.79 Å². The minimum absolute atomic E-state index is 0.158. The number of piperazine rings is 1. The number of amides is 1. The fraction of sp³-hybridized carbons (Fsp3) is 0.409. The molecule has 0 unspecified atom stereocenters. The molecule has 0 aromatic heterocycles. The van der Waals surface area contributed by atoms with Gasteiger partial charge in [0.2, 0.25) is 10.0 Å². The van der Waals surface area contributed by atoms with Gasteiger partial charge in [0.05, 0.1) is 18.1 Å². The molecule has 5 rings (SSSR count). The van der Waals surface area contributed by atoms with Crippen LogP contribution in [0.1, 0.15) is 16.8 Å². The lowest BCUT2D eigenvalue weighted by molar-refractivity contribution is 0.0697. The number of benzene rings is 2. The summed E-state index contributed by atoms with van der Waals surface area (Å²) in [5.74, 6) is 2.01. The minimum Gasteiger partial charge on any atom is -0.490 e. The van der Waals surface area contributed by atoms with E-state index in [4.69, 9.17) is 18.9 Å². The van der Waals surface area contributed by atoms with Crippen molar-refractivity contribution in [3.63, 3.8) is 0 Å². The highest BCUT2D eigenvalue weighted by atomic mass is 32.2. The number of hydrogen-bond acceptors (Lipinski definition) is 7. The van der Waals surface area contributed by atoms with Gasteiger partial charge in [-0.15, -0.1) is 0 Å². The molecule has 3 heterocycles. The third-order valence-corrected chi connectivity index (χ3v) is 7.57. The van der Waals surface area contributed by atoms with Crippen LogP contribution >= 0.6 is 0 Å². The zero-order chi connectivity index (χ0) is 22.1. The molecule has 1 saturated heterocycles. The molecule has 1 amide bonds. The van der Waals surface area contributed by atoms with Crippen LogP contribution in [0.4, 0.5) is 0 Å². The second kappa shape index (κ2) is 8.51. The van der Waals surface area contributed by atoms with Crippen LogP contribution in [0.25, 0.3) is 0 Å². The fourth-order valence-electron chi connectivity index (χ4n) is 3.94. The van der Waals surface area contributed by atoms with E-state index in [1.165, 1.54) is 16.4 Å². The van der Waals surface area contributed by atoms with Crippen LogP contribution in [0.2, 0.25) is 0 Å². The van der Waals surface area contributed by atoms with Gasteiger partial charge in [-0.1, -0.05) is 0 Å². The number of ether oxygens (including phenoxy) is 4. The van der Waals surface area contributed by atoms with Crippen molar-refractivity contribution in [1.29, 1.82) is 0 Å². The molecule has 3 aliphatic rings. The van der Waals surface area contributed by atoms with Crippen molar-refractivity contribution in [2.24, 2.45) is 0 Å². The van der Waals surface area contributed by atoms with Crippen LogP contribution in [0.3, 0.4) is 0 Å². The molecule has 1 fully saturated rings. The molecule has 170 valence electrons. The van der Waals surface area contributed by atoms with Gasteiger partial charge < -0.3 is 23.8 Å². The van der Waals surface area contributed by atoms with E-state index in [1.54, 1.807) is 29.2 Å². The lowest BCUT2D eigenvalue weighted by Crippen LogP contribution is -2.50. The van der Waals surface area contributed by atoms with Crippen molar-refractivity contribution >= 4 is 15.9 Å². The van der Waals surface area contributed by atoms with Gasteiger partial charge in [-0.05, 0) is 30.3 Å². The van der Waals surface area contributed by atoms with Gasteiger partial charge in [0.15, 0.2) is 23.0 Å². The smallest absolute Gasteiger partial charge is 0.254 e. The number of fused-ring (bicyclic) bond motifs is 2. The van der Waals surface area contributed by atoms with Gasteiger partial charge in [-0.25, -0.2) is 8.42 Å². The summed E-state index contributed by atoms with van der Waals surface area (Å²) < 4.78 is 50.0. The Hall–Kier alpha value is -2.98. The summed E-state index contributed by atoms with van der Waals surface area (Å²) in [6.45, 7) is 2.99. The first-order valence-electron chi connectivity index (χ1n) is 10.6. The molecular weight excluding hydrogens is 436 g/mol. The number of carbonyl (C=O) groups excluding carboxylic acids is 1. The molecule has 0 atom stereocenters. The van der Waals surface area contributed by atoms with Gasteiger partial charge in [-0.2, -0.15) is 4.31 Å². The van der Waals surface area contributed by atoms with E-state index in [2.05, 4.69) is 0 Å². The van der Waals surface area contributed by atoms with Gasteiger partial charge >= 0.3 is 0 Å². The van der Waals surface area contributed by atoms with Crippen molar-refractivity contribution in [3.8, 4) is 23.0 Å². The summed E-state index contributed by atoms with van der Waals surface area (Å²) in [6.07, 6.45) is 0.746. The first-order valence-corrected chi connectivity index (χ1v) is 12.1. The average molecular weight is 461 g/mol. The van der Waals surface area contributed by atoms with Crippen LogP contribution in [0.5, 0.6) is 23.0 Å². The Labute approximate surface area is 186 Å². The molecule has 0 spiro atoms. The average Bonchev–Trinajstić information content (AvgIpc) is 3.08. The maximum absolute atomic E-state index is 13.2. The lowest BCUT2D eigenvalue weighted by Gasteiger charge is -2.34. The molecule has 0 bridgehead atoms. The number of sulfonamides is 1. The van der Waals surface area contributed by atoms with Crippen LogP contribution < -0.4 is 18.9 Å². The predicted octanol–water partition coefficient (Wildman–Crippen LogP) is 1.77. The normalized spacial score (nSPS) is 18.7. The number of hydrogen-bond donors (Lipinski definition) is 0. The molecule has 32 heavy (non-hydrogen) atoms. The Balaban J connectivity index is 1.27. The van der Waals surface area contributed by atoms with Crippen molar-refractivity contribution in [1.82, 2.24) is 9.21 Å². The second-order valence-electron chi connectivity index (χ2n) is 7.71. The Kier molecular flexibility index (Phi) is 5.56. The molecule has 3 aliphatic heterocycles. The van der Waals surface area contributed by atoms with Gasteiger partial charge in [0.1, 0.15) is 13.2 Å². The molecule has 2 aromatic rings. The number of carbonyl (C=O) groups is 1. The van der Waals surface area contributed by atoms with E-state index in [0.29, 0.717) is 68.1 Å². The van der Waals surface area contributed by atoms with Crippen LogP contribution in [-0.4, -0.2) is 76.1 Å². The molecule has 0 saturated carbocycles. The highest BCUT2D eigenvalue weighted by Gasteiger charge is 2.31. The Bertz CT molecular complexity index is 1130. The van der Waals surface area contributed by atoms with Crippen molar-refractivity contribution in [2.45, 2.75) is 11.3 Å². The van der Waals surface area contributed by atoms with Crippen molar-refractivity contribution in [2.75, 3.05) is 52.6 Å². The minimum atomic E-state index is -3.71. The second-order valence-corrected chi connectivity index (χ2v) is 9.65. The molecule has 0 radical (unpaired) electrons. The zero-order valence-corrected chi connectivity index (χ0v) is 18.3. The SMILES string of the molecule is O=C(c1ccc2c(c1)OCCO2)N1CCN(S(=O)(=O)c2ccc3c(c2)OCCCO3)CC1. The molecule has 9 nitrogen and oxygen atoms in total. The molecular formula is C22H24N2O7S. The summed E-state index contributed by atoms with van der Waals surface area (Å²) in [6, 6.07) is 9.80. The largest absolute Gasteiger partial charge is 0.490 e. The van der Waals surface area contributed by atoms with Gasteiger partial charge in [0, 0.05) is 44.2 Å². The van der Waals surface area contributed by atoms with Gasteiger partial charge in [0.25, 0.3) is 5.91 Å². The Morgan fingerprint density at radius 2 is 1.31 bits per heavy atom. The van der Waals surface area contributed by atoms with E-state index < -0.39 is 10.0 Å². The first-order chi connectivity index (χ1) is 15.5. The van der Waals surface area contributed by atoms with Crippen LogP contribution in [0, 0.1) is 0 Å². The third kappa shape index (κ3) is 3.95. The third-order valence-electron chi connectivity index (χ3n) is 5.67. The van der Waals surface area contributed by atoms with E-state index in [-0.39, 0.29) is 23.9 Å². The Morgan fingerprint density at radius 3 is 2.06 bits per heavy atom. The zero-order valence-electron chi connectivity index (χ0n) is 17.5. The molecule has 0 aliphatic carbocycles. The van der Waals surface area contributed by atoms with E-state index >= 15 is 0 Å². The number of rotatable bonds is 3. The number of nitrogens with zero attached hydrogens (tertiary/aromatic N) is 2. The standard InChI is InChI=1S/C22H24N2O7S/c25-22(16-2-4-18-20(14-16)31-13-12-30-18)23-6-8-24(9-7-23)32(26,27)17-3-5-19-21(15-17)29-11-1-10-28-19/h2-5,14-15H,1,6-13H2. The summed E-state index contributed by atoms with van der Waals surface area (Å²) >= 11 is 0. The summed E-state index contributed by atoms with van der Waals surface area (Å²) in [4.78, 5) is 14.8. The molecule has 10 heteroatoms. The quantitative estimate of drug-likeness (QED) is 0.689. The van der Waals surface area contributed by atoms with E-state index in [1.807, 2.05) is 0 Å². The van der Waals surface area contributed by atoms with Crippen LogP contribution in [-0.2, 0) is 10.0 Å². The highest BCUT2D eigenvalue weighted by molar-refractivity contribution is 7.89. The summed E-state index contributed by atoms with van der Waals surface area (Å²) in [5.41, 5.74) is 0.494. The van der Waals surface area contributed by atoms with Crippen molar-refractivity contribution in [3.05, 3.63) is 42.0 Å². The topological polar surface area (TPSA) is 94.6 Å². The molecule has 2 aromatic carbocycles. The summed E-state index contributed by atoms with van der Waals surface area (Å²) in [5, 5.41) is 0. The first kappa shape index (κ1) is 20.9. The lowest BCUT2D eigenvalue weighted by atomic mass is 10.1. The highest BCUT2D eigenvalue weighted by Crippen LogP contribution is 2.34.